The van der Waals surface area contributed by atoms with Gasteiger partial charge in [-0.3, -0.25) is 4.90 Å². The van der Waals surface area contributed by atoms with Gasteiger partial charge >= 0.3 is 0 Å². The standard InChI is InChI=1S/C26H22BrClN4O.C17H15BrClN3.C9H7NO/c1-30-23-9-4-19(5-10-23)26(33)17-31-12-13-32(24-11-6-21(27)14-20(24)15-29)25(16-31)18-2-7-22(28)8-3-18;18-14-3-6-16(13(9-14)10-20)22-8-7-21-11-17(22)12-1-4-15(19)5-2-12;1-10-8-4-2-7(3-5-8)9-6-11-9/h2-11,14,25-26,33H,12-13,16-17H2;1-6,9,17,21H,7-8,11H2;2-5,9H,6H2/t25-,26+;17-;9-/m001/s1. The highest BCUT2D eigenvalue weighted by Gasteiger charge is 2.31. The third kappa shape index (κ3) is 12.6. The SMILES string of the molecule is N#Cc1cc(Br)ccc1N1CCNC[C@H]1c1ccc(Cl)cc1.[C-]#[N+]c1ccc([C@H](O)CN2CCN(c3ccc(Br)cc3C#N)[C@H](c3ccc(Cl)cc3)C2)cc1.[C-]#[N+]c1ccc([C@H]2CO2)cc1. The minimum Gasteiger partial charge on any atom is -0.387 e. The van der Waals surface area contributed by atoms with E-state index < -0.39 is 6.10 Å². The van der Waals surface area contributed by atoms with Gasteiger partial charge in [0.25, 0.3) is 0 Å². The molecule has 14 heteroatoms. The quantitative estimate of drug-likeness (QED) is 0.115. The number of anilines is 2. The molecule has 0 amide bonds. The van der Waals surface area contributed by atoms with Gasteiger partial charge in [-0.1, -0.05) is 128 Å². The Hall–Kier alpha value is -5.74. The van der Waals surface area contributed by atoms with Crippen LogP contribution in [0, 0.1) is 35.8 Å². The van der Waals surface area contributed by atoms with Gasteiger partial charge in [0.05, 0.1) is 60.4 Å². The molecule has 6 aromatic rings. The monoisotopic (exact) mass is 1040 g/mol. The Morgan fingerprint density at radius 1 is 0.682 bits per heavy atom. The molecule has 0 saturated carbocycles. The van der Waals surface area contributed by atoms with Crippen molar-refractivity contribution in [1.82, 2.24) is 10.2 Å². The zero-order valence-corrected chi connectivity index (χ0v) is 40.3. The number of ether oxygens (including phenoxy) is 1. The number of nitrogens with zero attached hydrogens (tertiary/aromatic N) is 7. The molecule has 3 fully saturated rings. The Morgan fingerprint density at radius 3 is 1.67 bits per heavy atom. The predicted molar refractivity (Wildman–Crippen MR) is 269 cm³/mol. The molecule has 0 aromatic heterocycles. The minimum absolute atomic E-state index is 0.000910. The molecular formula is C52H44Br2Cl2N8O2. The number of nitriles is 2. The van der Waals surface area contributed by atoms with E-state index >= 15 is 0 Å². The first-order valence-electron chi connectivity index (χ1n) is 21.2. The van der Waals surface area contributed by atoms with Crippen molar-refractivity contribution >= 4 is 77.8 Å². The molecule has 0 bridgehead atoms. The van der Waals surface area contributed by atoms with Gasteiger partial charge in [0.15, 0.2) is 11.4 Å². The largest absolute Gasteiger partial charge is 0.387 e. The molecule has 3 saturated heterocycles. The average Bonchev–Trinajstić information content (AvgIpc) is 4.21. The first-order valence-corrected chi connectivity index (χ1v) is 23.5. The molecule has 9 rings (SSSR count). The zero-order chi connectivity index (χ0) is 46.6. The predicted octanol–water partition coefficient (Wildman–Crippen LogP) is 12.6. The van der Waals surface area contributed by atoms with Crippen molar-refractivity contribution < 1.29 is 9.84 Å². The van der Waals surface area contributed by atoms with Crippen LogP contribution in [0.4, 0.5) is 22.7 Å². The van der Waals surface area contributed by atoms with Crippen molar-refractivity contribution in [2.75, 3.05) is 62.2 Å². The van der Waals surface area contributed by atoms with Gasteiger partial charge in [0.1, 0.15) is 18.2 Å². The number of nitrogens with one attached hydrogen (secondary N) is 1. The Labute approximate surface area is 413 Å². The second-order valence-electron chi connectivity index (χ2n) is 15.8. The summed E-state index contributed by atoms with van der Waals surface area (Å²) >= 11 is 19.0. The van der Waals surface area contributed by atoms with E-state index in [1.165, 1.54) is 11.1 Å². The van der Waals surface area contributed by atoms with Crippen LogP contribution in [0.3, 0.4) is 0 Å². The number of aliphatic hydroxyl groups excluding tert-OH is 1. The number of rotatable bonds is 8. The Kier molecular flexibility index (Phi) is 16.9. The summed E-state index contributed by atoms with van der Waals surface area (Å²) in [6, 6.07) is 46.8. The molecule has 4 atom stereocenters. The van der Waals surface area contributed by atoms with Crippen molar-refractivity contribution in [2.45, 2.75) is 24.3 Å². The molecule has 66 heavy (non-hydrogen) atoms. The van der Waals surface area contributed by atoms with Crippen LogP contribution in [0.25, 0.3) is 9.69 Å². The lowest BCUT2D eigenvalue weighted by molar-refractivity contribution is 0.100. The molecular weight excluding hydrogens is 999 g/mol. The lowest BCUT2D eigenvalue weighted by atomic mass is 9.99. The van der Waals surface area contributed by atoms with Crippen molar-refractivity contribution in [3.63, 3.8) is 0 Å². The maximum atomic E-state index is 10.8. The van der Waals surface area contributed by atoms with Gasteiger partial charge < -0.3 is 25.0 Å². The number of benzene rings is 6. The van der Waals surface area contributed by atoms with Crippen molar-refractivity contribution in [2.24, 2.45) is 0 Å². The minimum atomic E-state index is -0.649. The number of hydrogen-bond donors (Lipinski definition) is 2. The summed E-state index contributed by atoms with van der Waals surface area (Å²) in [5.41, 5.74) is 8.72. The van der Waals surface area contributed by atoms with E-state index in [1.54, 1.807) is 12.1 Å². The van der Waals surface area contributed by atoms with E-state index in [0.717, 1.165) is 69.3 Å². The van der Waals surface area contributed by atoms with Crippen LogP contribution in [0.1, 0.15) is 57.7 Å². The average molecular weight is 1040 g/mol. The third-order valence-electron chi connectivity index (χ3n) is 11.6. The van der Waals surface area contributed by atoms with Gasteiger partial charge in [-0.05, 0) is 82.9 Å². The molecule has 0 radical (unpaired) electrons. The summed E-state index contributed by atoms with van der Waals surface area (Å²) in [7, 11) is 0. The van der Waals surface area contributed by atoms with Crippen molar-refractivity contribution in [3.8, 4) is 12.1 Å². The lowest BCUT2D eigenvalue weighted by Gasteiger charge is -2.44. The molecule has 10 nitrogen and oxygen atoms in total. The molecule has 3 aliphatic rings. The summed E-state index contributed by atoms with van der Waals surface area (Å²) in [6.07, 6.45) is -0.348. The van der Waals surface area contributed by atoms with Gasteiger partial charge in [0.2, 0.25) is 0 Å². The van der Waals surface area contributed by atoms with Crippen LogP contribution in [-0.2, 0) is 4.74 Å². The molecule has 3 heterocycles. The fourth-order valence-electron chi connectivity index (χ4n) is 8.06. The highest BCUT2D eigenvalue weighted by molar-refractivity contribution is 9.10. The lowest BCUT2D eigenvalue weighted by Crippen LogP contribution is -2.49. The number of aliphatic hydroxyl groups is 1. The molecule has 0 spiro atoms. The second kappa shape index (κ2) is 23.1. The van der Waals surface area contributed by atoms with Crippen LogP contribution in [0.15, 0.2) is 142 Å². The first-order chi connectivity index (χ1) is 32.1. The van der Waals surface area contributed by atoms with Crippen molar-refractivity contribution in [3.05, 3.63) is 209 Å². The topological polar surface area (TPSA) is 111 Å². The van der Waals surface area contributed by atoms with E-state index in [2.05, 4.69) is 85.8 Å². The number of halogens is 4. The molecule has 2 N–H and O–H groups in total. The fraction of sp³-hybridized carbons (Fsp3) is 0.231. The number of β-amino-alcohol motifs (C(OH)–C–C–N with tert-alkyl or cyclic N) is 1. The first kappa shape index (κ1) is 48.2. The van der Waals surface area contributed by atoms with Crippen LogP contribution in [0.5, 0.6) is 0 Å². The summed E-state index contributed by atoms with van der Waals surface area (Å²) < 4.78 is 6.88. The van der Waals surface area contributed by atoms with Crippen LogP contribution >= 0.6 is 55.1 Å². The van der Waals surface area contributed by atoms with E-state index in [4.69, 9.17) is 41.1 Å². The number of epoxide rings is 1. The Bertz CT molecular complexity index is 2760. The van der Waals surface area contributed by atoms with Crippen molar-refractivity contribution in [1.29, 1.82) is 10.5 Å². The van der Waals surface area contributed by atoms with E-state index in [0.29, 0.717) is 53.3 Å². The second-order valence-corrected chi connectivity index (χ2v) is 18.5. The molecule has 3 aliphatic heterocycles. The maximum Gasteiger partial charge on any atom is 0.187 e. The van der Waals surface area contributed by atoms with Gasteiger partial charge in [-0.2, -0.15) is 10.5 Å². The van der Waals surface area contributed by atoms with Crippen LogP contribution in [-0.4, -0.2) is 62.4 Å². The van der Waals surface area contributed by atoms with Gasteiger partial charge in [-0.25, -0.2) is 9.69 Å². The highest BCUT2D eigenvalue weighted by Crippen LogP contribution is 2.36. The zero-order valence-electron chi connectivity index (χ0n) is 35.7. The number of piperazine rings is 2. The van der Waals surface area contributed by atoms with Crippen LogP contribution in [0.2, 0.25) is 10.0 Å². The summed E-state index contributed by atoms with van der Waals surface area (Å²) in [5.74, 6) is 0. The summed E-state index contributed by atoms with van der Waals surface area (Å²) in [6.45, 7) is 19.9. The van der Waals surface area contributed by atoms with Gasteiger partial charge in [0, 0.05) is 64.8 Å². The molecule has 0 unspecified atom stereocenters. The fourth-order valence-corrected chi connectivity index (χ4v) is 9.03. The molecule has 6 aromatic carbocycles. The molecule has 0 aliphatic carbocycles. The normalized spacial score (nSPS) is 18.1. The van der Waals surface area contributed by atoms with Crippen LogP contribution < -0.4 is 15.1 Å². The Balaban J connectivity index is 0.000000167. The summed E-state index contributed by atoms with van der Waals surface area (Å²) in [5, 5.41) is 34.8. The van der Waals surface area contributed by atoms with E-state index in [-0.39, 0.29) is 12.1 Å². The molecule has 332 valence electrons. The van der Waals surface area contributed by atoms with E-state index in [1.807, 2.05) is 109 Å². The summed E-state index contributed by atoms with van der Waals surface area (Å²) in [4.78, 5) is 13.5. The Morgan fingerprint density at radius 2 is 1.17 bits per heavy atom. The van der Waals surface area contributed by atoms with Gasteiger partial charge in [-0.15, -0.1) is 0 Å². The van der Waals surface area contributed by atoms with E-state index in [9.17, 15) is 15.6 Å². The highest BCUT2D eigenvalue weighted by atomic mass is 79.9. The maximum absolute atomic E-state index is 10.8. The third-order valence-corrected chi connectivity index (χ3v) is 13.1. The smallest absolute Gasteiger partial charge is 0.187 e. The number of hydrogen-bond acceptors (Lipinski definition) is 8.